The first-order valence-electron chi connectivity index (χ1n) is 3.85. The topological polar surface area (TPSA) is 39.1 Å². The van der Waals surface area contributed by atoms with Crippen LogP contribution >= 0.6 is 0 Å². The van der Waals surface area contributed by atoms with Crippen molar-refractivity contribution in [3.8, 4) is 0 Å². The number of hydrogen-bond acceptors (Lipinski definition) is 3. The zero-order valence-electron chi connectivity index (χ0n) is 7.51. The van der Waals surface area contributed by atoms with Crippen molar-refractivity contribution < 1.29 is 18.0 Å². The second kappa shape index (κ2) is 4.43. The number of hydrogen-bond donors (Lipinski definition) is 1. The highest BCUT2D eigenvalue weighted by molar-refractivity contribution is 4.95. The average Bonchev–Trinajstić information content (AvgIpc) is 2.44. The largest absolute Gasteiger partial charge is 0.413 e. The van der Waals surface area contributed by atoms with Crippen LogP contribution in [0, 0.1) is 0 Å². The van der Waals surface area contributed by atoms with Crippen LogP contribution in [0.3, 0.4) is 0 Å². The number of rotatable bonds is 4. The maximum atomic E-state index is 11.6. The molecular formula is C7H10F3N3O. The van der Waals surface area contributed by atoms with E-state index < -0.39 is 12.8 Å². The van der Waals surface area contributed by atoms with E-state index in [4.69, 9.17) is 0 Å². The molecule has 80 valence electrons. The Balaban J connectivity index is 2.20. The summed E-state index contributed by atoms with van der Waals surface area (Å²) in [7, 11) is 1.74. The van der Waals surface area contributed by atoms with E-state index in [9.17, 15) is 13.2 Å². The van der Waals surface area contributed by atoms with Crippen LogP contribution < -0.4 is 5.48 Å². The number of halogens is 3. The lowest BCUT2D eigenvalue weighted by molar-refractivity contribution is -0.190. The quantitative estimate of drug-likeness (QED) is 0.594. The molecule has 1 aromatic rings. The van der Waals surface area contributed by atoms with Crippen molar-refractivity contribution in [3.63, 3.8) is 0 Å². The average molecular weight is 209 g/mol. The van der Waals surface area contributed by atoms with Crippen LogP contribution in [0.5, 0.6) is 0 Å². The summed E-state index contributed by atoms with van der Waals surface area (Å²) < 4.78 is 36.5. The molecule has 0 saturated carbocycles. The van der Waals surface area contributed by atoms with Crippen LogP contribution in [0.1, 0.15) is 5.69 Å². The van der Waals surface area contributed by atoms with Gasteiger partial charge in [-0.15, -0.1) is 0 Å². The molecule has 0 radical (unpaired) electrons. The predicted molar refractivity (Wildman–Crippen MR) is 42.1 cm³/mol. The zero-order valence-corrected chi connectivity index (χ0v) is 7.51. The first kappa shape index (κ1) is 11.0. The van der Waals surface area contributed by atoms with Crippen LogP contribution in [-0.4, -0.2) is 22.3 Å². The van der Waals surface area contributed by atoms with Gasteiger partial charge in [-0.25, -0.2) is 4.98 Å². The Labute approximate surface area is 78.6 Å². The van der Waals surface area contributed by atoms with Gasteiger partial charge in [0.05, 0.1) is 18.6 Å². The van der Waals surface area contributed by atoms with Gasteiger partial charge >= 0.3 is 6.18 Å². The van der Waals surface area contributed by atoms with Crippen molar-refractivity contribution in [1.82, 2.24) is 15.0 Å². The summed E-state index contributed by atoms with van der Waals surface area (Å²) in [4.78, 5) is 8.00. The smallest absolute Gasteiger partial charge is 0.336 e. The van der Waals surface area contributed by atoms with E-state index in [0.29, 0.717) is 0 Å². The molecule has 0 amide bonds. The molecule has 1 aromatic heterocycles. The fourth-order valence-electron chi connectivity index (χ4n) is 0.813. The Kier molecular flexibility index (Phi) is 3.48. The van der Waals surface area contributed by atoms with E-state index in [1.165, 1.54) is 0 Å². The summed E-state index contributed by atoms with van der Waals surface area (Å²) >= 11 is 0. The van der Waals surface area contributed by atoms with Crippen molar-refractivity contribution in [2.45, 2.75) is 12.7 Å². The molecule has 1 rings (SSSR count). The summed E-state index contributed by atoms with van der Waals surface area (Å²) in [6.07, 6.45) is -1.20. The highest BCUT2D eigenvalue weighted by Gasteiger charge is 2.27. The third-order valence-electron chi connectivity index (χ3n) is 1.51. The fraction of sp³-hybridized carbons (Fsp3) is 0.571. The number of nitrogens with zero attached hydrogens (tertiary/aromatic N) is 2. The van der Waals surface area contributed by atoms with Crippen LogP contribution in [0.4, 0.5) is 13.2 Å². The van der Waals surface area contributed by atoms with Crippen LogP contribution in [0.15, 0.2) is 12.5 Å². The lowest BCUT2D eigenvalue weighted by Crippen LogP contribution is -2.25. The summed E-state index contributed by atoms with van der Waals surface area (Å²) in [5.74, 6) is 0. The summed E-state index contributed by atoms with van der Waals surface area (Å²) in [5, 5.41) is 0. The Bertz CT molecular complexity index is 284. The van der Waals surface area contributed by atoms with Gasteiger partial charge < -0.3 is 4.57 Å². The minimum atomic E-state index is -4.31. The molecule has 0 spiro atoms. The summed E-state index contributed by atoms with van der Waals surface area (Å²) in [6.45, 7) is -1.11. The van der Waals surface area contributed by atoms with Gasteiger partial charge in [0.25, 0.3) is 0 Å². The molecule has 0 aromatic carbocycles. The number of nitrogens with one attached hydrogen (secondary N) is 1. The zero-order chi connectivity index (χ0) is 10.6. The van der Waals surface area contributed by atoms with Gasteiger partial charge in [-0.1, -0.05) is 0 Å². The molecule has 0 aliphatic carbocycles. The minimum Gasteiger partial charge on any atom is -0.336 e. The Morgan fingerprint density at radius 1 is 1.57 bits per heavy atom. The Hall–Kier alpha value is -1.08. The molecule has 0 aliphatic heterocycles. The first-order valence-corrected chi connectivity index (χ1v) is 3.85. The molecule has 0 fully saturated rings. The second-order valence-electron chi connectivity index (χ2n) is 2.72. The van der Waals surface area contributed by atoms with Gasteiger partial charge in [0.2, 0.25) is 0 Å². The van der Waals surface area contributed by atoms with E-state index >= 15 is 0 Å². The molecule has 0 saturated heterocycles. The van der Waals surface area contributed by atoms with Gasteiger partial charge in [0.1, 0.15) is 0 Å². The van der Waals surface area contributed by atoms with E-state index in [0.717, 1.165) is 5.69 Å². The van der Waals surface area contributed by atoms with Crippen molar-refractivity contribution in [2.75, 3.05) is 6.61 Å². The summed E-state index contributed by atoms with van der Waals surface area (Å²) in [6, 6.07) is 0. The van der Waals surface area contributed by atoms with E-state index in [2.05, 4.69) is 15.3 Å². The van der Waals surface area contributed by atoms with Crippen LogP contribution in [0.25, 0.3) is 0 Å². The number of imidazole rings is 1. The highest BCUT2D eigenvalue weighted by atomic mass is 19.4. The van der Waals surface area contributed by atoms with Crippen LogP contribution in [-0.2, 0) is 18.4 Å². The third-order valence-corrected chi connectivity index (χ3v) is 1.51. The van der Waals surface area contributed by atoms with E-state index in [1.54, 1.807) is 24.1 Å². The number of hydroxylamine groups is 1. The van der Waals surface area contributed by atoms with Crippen molar-refractivity contribution in [2.24, 2.45) is 7.05 Å². The Morgan fingerprint density at radius 3 is 2.79 bits per heavy atom. The molecule has 0 unspecified atom stereocenters. The monoisotopic (exact) mass is 209 g/mol. The molecular weight excluding hydrogens is 199 g/mol. The lowest BCUT2D eigenvalue weighted by Gasteiger charge is -2.08. The molecule has 1 N–H and O–H groups in total. The molecule has 7 heteroatoms. The van der Waals surface area contributed by atoms with E-state index in [-0.39, 0.29) is 6.54 Å². The van der Waals surface area contributed by atoms with Crippen molar-refractivity contribution in [1.29, 1.82) is 0 Å². The first-order chi connectivity index (χ1) is 6.49. The van der Waals surface area contributed by atoms with Crippen LogP contribution in [0.2, 0.25) is 0 Å². The normalized spacial score (nSPS) is 12.0. The minimum absolute atomic E-state index is 0.187. The lowest BCUT2D eigenvalue weighted by atomic mass is 10.5. The molecule has 4 nitrogen and oxygen atoms in total. The fourth-order valence-corrected chi connectivity index (χ4v) is 0.813. The number of aromatic nitrogens is 2. The van der Waals surface area contributed by atoms with E-state index in [1.807, 2.05) is 0 Å². The third kappa shape index (κ3) is 3.75. The number of alkyl halides is 3. The van der Waals surface area contributed by atoms with Crippen molar-refractivity contribution in [3.05, 3.63) is 18.2 Å². The maximum Gasteiger partial charge on any atom is 0.413 e. The summed E-state index contributed by atoms with van der Waals surface area (Å²) in [5.41, 5.74) is 2.95. The van der Waals surface area contributed by atoms with Gasteiger partial charge in [-0.2, -0.15) is 18.7 Å². The predicted octanol–water partition coefficient (Wildman–Crippen LogP) is 1.00. The molecule has 14 heavy (non-hydrogen) atoms. The molecule has 0 aliphatic rings. The van der Waals surface area contributed by atoms with Gasteiger partial charge in [0, 0.05) is 13.2 Å². The van der Waals surface area contributed by atoms with Gasteiger partial charge in [-0.05, 0) is 0 Å². The highest BCUT2D eigenvalue weighted by Crippen LogP contribution is 2.13. The molecule has 0 atom stereocenters. The van der Waals surface area contributed by atoms with Gasteiger partial charge in [0.15, 0.2) is 6.61 Å². The van der Waals surface area contributed by atoms with Crippen molar-refractivity contribution >= 4 is 0 Å². The SMILES string of the molecule is Cn1cncc1CNOCC(F)(F)F. The molecule has 0 bridgehead atoms. The molecule has 1 heterocycles. The van der Waals surface area contributed by atoms with Gasteiger partial charge in [-0.3, -0.25) is 4.84 Å². The second-order valence-corrected chi connectivity index (χ2v) is 2.72. The number of aryl methyl sites for hydroxylation is 1. The maximum absolute atomic E-state index is 11.6. The Morgan fingerprint density at radius 2 is 2.29 bits per heavy atom. The standard InChI is InChI=1S/C7H10F3N3O/c1-13-5-11-2-6(13)3-12-14-4-7(8,9)10/h2,5,12H,3-4H2,1H3.